The van der Waals surface area contributed by atoms with Crippen LogP contribution in [0.2, 0.25) is 0 Å². The fourth-order valence-electron chi connectivity index (χ4n) is 2.57. The third kappa shape index (κ3) is 3.13. The number of halogens is 1. The fraction of sp³-hybridized carbons (Fsp3) is 0.600. The molecule has 0 spiro atoms. The van der Waals surface area contributed by atoms with Crippen molar-refractivity contribution in [2.24, 2.45) is 0 Å². The van der Waals surface area contributed by atoms with E-state index in [0.29, 0.717) is 12.5 Å². The van der Waals surface area contributed by atoms with Crippen LogP contribution in [0.1, 0.15) is 37.3 Å². The summed E-state index contributed by atoms with van der Waals surface area (Å²) in [6.45, 7) is 4.86. The molecule has 1 unspecified atom stereocenters. The predicted octanol–water partition coefficient (Wildman–Crippen LogP) is 3.51. The van der Waals surface area contributed by atoms with Gasteiger partial charge in [-0.2, -0.15) is 0 Å². The lowest BCUT2D eigenvalue weighted by molar-refractivity contribution is 0.150. The molecule has 2 rings (SSSR count). The first-order valence-corrected chi connectivity index (χ1v) is 7.64. The van der Waals surface area contributed by atoms with Gasteiger partial charge in [0.25, 0.3) is 0 Å². The van der Waals surface area contributed by atoms with E-state index < -0.39 is 0 Å². The first-order valence-electron chi connectivity index (χ1n) is 7.10. The second-order valence-corrected chi connectivity index (χ2v) is 5.41. The van der Waals surface area contributed by atoms with E-state index in [1.54, 1.807) is 7.11 Å². The van der Waals surface area contributed by atoms with Crippen molar-refractivity contribution in [3.05, 3.63) is 23.7 Å². The van der Waals surface area contributed by atoms with Crippen LogP contribution in [0.25, 0.3) is 11.2 Å². The van der Waals surface area contributed by atoms with E-state index in [1.165, 1.54) is 0 Å². The summed E-state index contributed by atoms with van der Waals surface area (Å²) < 4.78 is 7.60. The summed E-state index contributed by atoms with van der Waals surface area (Å²) in [6.07, 6.45) is 2.89. The highest BCUT2D eigenvalue weighted by Crippen LogP contribution is 2.24. The van der Waals surface area contributed by atoms with E-state index in [0.717, 1.165) is 41.9 Å². The molecule has 0 N–H and O–H groups in total. The van der Waals surface area contributed by atoms with Crippen LogP contribution in [0, 0.1) is 6.92 Å². The van der Waals surface area contributed by atoms with Gasteiger partial charge in [0.05, 0.1) is 12.6 Å². The second-order valence-electron chi connectivity index (χ2n) is 5.03. The van der Waals surface area contributed by atoms with Crippen molar-refractivity contribution in [3.8, 4) is 0 Å². The molecule has 1 atom stereocenters. The topological polar surface area (TPSA) is 39.9 Å². The zero-order chi connectivity index (χ0) is 14.5. The van der Waals surface area contributed by atoms with Crippen LogP contribution in [0.4, 0.5) is 0 Å². The zero-order valence-corrected chi connectivity index (χ0v) is 13.2. The van der Waals surface area contributed by atoms with Crippen LogP contribution in [-0.2, 0) is 11.2 Å². The van der Waals surface area contributed by atoms with Crippen LogP contribution >= 0.6 is 11.6 Å². The highest BCUT2D eigenvalue weighted by atomic mass is 35.5. The quantitative estimate of drug-likeness (QED) is 0.734. The third-order valence-electron chi connectivity index (χ3n) is 3.41. The van der Waals surface area contributed by atoms with Gasteiger partial charge >= 0.3 is 0 Å². The maximum atomic E-state index is 5.92. The predicted molar refractivity (Wildman–Crippen MR) is 82.5 cm³/mol. The molecule has 0 saturated heterocycles. The van der Waals surface area contributed by atoms with Crippen molar-refractivity contribution in [2.45, 2.75) is 39.2 Å². The molecule has 2 aromatic rings. The zero-order valence-electron chi connectivity index (χ0n) is 12.4. The monoisotopic (exact) mass is 295 g/mol. The van der Waals surface area contributed by atoms with Gasteiger partial charge in [0.15, 0.2) is 5.65 Å². The lowest BCUT2D eigenvalue weighted by Crippen LogP contribution is -2.18. The summed E-state index contributed by atoms with van der Waals surface area (Å²) in [5.41, 5.74) is 2.89. The number of alkyl halides is 1. The molecule has 0 radical (unpaired) electrons. The Bertz CT molecular complexity index is 561. The minimum atomic E-state index is 0.266. The molecule has 0 aromatic carbocycles. The van der Waals surface area contributed by atoms with Gasteiger partial charge in [-0.25, -0.2) is 9.97 Å². The van der Waals surface area contributed by atoms with Gasteiger partial charge in [0.2, 0.25) is 0 Å². The number of rotatable bonds is 7. The number of pyridine rings is 1. The van der Waals surface area contributed by atoms with Gasteiger partial charge in [0.1, 0.15) is 11.3 Å². The van der Waals surface area contributed by atoms with Gasteiger partial charge < -0.3 is 9.30 Å². The Balaban J connectivity index is 2.55. The van der Waals surface area contributed by atoms with E-state index in [1.807, 2.05) is 19.1 Å². The lowest BCUT2D eigenvalue weighted by atomic mass is 10.1. The Morgan fingerprint density at radius 1 is 1.35 bits per heavy atom. The number of imidazole rings is 1. The number of aryl methyl sites for hydroxylation is 2. The van der Waals surface area contributed by atoms with E-state index in [2.05, 4.69) is 21.5 Å². The van der Waals surface area contributed by atoms with Crippen molar-refractivity contribution in [1.29, 1.82) is 0 Å². The van der Waals surface area contributed by atoms with Crippen LogP contribution < -0.4 is 0 Å². The van der Waals surface area contributed by atoms with Crippen molar-refractivity contribution in [1.82, 2.24) is 14.5 Å². The van der Waals surface area contributed by atoms with Crippen LogP contribution in [0.5, 0.6) is 0 Å². The first-order chi connectivity index (χ1) is 9.71. The van der Waals surface area contributed by atoms with Gasteiger partial charge in [0, 0.05) is 25.1 Å². The summed E-state index contributed by atoms with van der Waals surface area (Å²) >= 11 is 5.92. The Hall–Kier alpha value is -1.13. The van der Waals surface area contributed by atoms with Crippen molar-refractivity contribution >= 4 is 22.8 Å². The van der Waals surface area contributed by atoms with E-state index in [4.69, 9.17) is 16.3 Å². The molecule has 0 saturated carbocycles. The van der Waals surface area contributed by atoms with E-state index in [9.17, 15) is 0 Å². The molecular weight excluding hydrogens is 274 g/mol. The van der Waals surface area contributed by atoms with Gasteiger partial charge in [-0.1, -0.05) is 13.3 Å². The molecule has 0 amide bonds. The maximum Gasteiger partial charge on any atom is 0.160 e. The summed E-state index contributed by atoms with van der Waals surface area (Å²) in [6, 6.07) is 4.29. The highest BCUT2D eigenvalue weighted by Gasteiger charge is 2.19. The Morgan fingerprint density at radius 2 is 2.15 bits per heavy atom. The van der Waals surface area contributed by atoms with Crippen molar-refractivity contribution in [2.75, 3.05) is 19.6 Å². The molecule has 20 heavy (non-hydrogen) atoms. The molecule has 4 nitrogen and oxygen atoms in total. The number of fused-ring (bicyclic) bond motifs is 1. The summed E-state index contributed by atoms with van der Waals surface area (Å²) in [5.74, 6) is 1.57. The van der Waals surface area contributed by atoms with E-state index in [-0.39, 0.29) is 6.04 Å². The average Bonchev–Trinajstić information content (AvgIpc) is 2.76. The second kappa shape index (κ2) is 7.04. The number of methoxy groups -OCH3 is 1. The molecule has 0 aliphatic carbocycles. The molecule has 5 heteroatoms. The van der Waals surface area contributed by atoms with E-state index >= 15 is 0 Å². The van der Waals surface area contributed by atoms with Crippen molar-refractivity contribution < 1.29 is 4.74 Å². The standard InChI is InChI=1S/C15H22ClN3O/c1-4-5-12(10-20-3)19-14(8-9-16)18-13-7-6-11(2)17-15(13)19/h6-7,12H,4-5,8-10H2,1-3H3. The maximum absolute atomic E-state index is 5.92. The Morgan fingerprint density at radius 3 is 2.80 bits per heavy atom. The molecule has 0 bridgehead atoms. The number of nitrogens with zero attached hydrogens (tertiary/aromatic N) is 3. The first kappa shape index (κ1) is 15.3. The van der Waals surface area contributed by atoms with Crippen molar-refractivity contribution in [3.63, 3.8) is 0 Å². The molecule has 0 fully saturated rings. The molecule has 0 aliphatic heterocycles. The highest BCUT2D eigenvalue weighted by molar-refractivity contribution is 6.17. The van der Waals surface area contributed by atoms with Gasteiger partial charge in [-0.15, -0.1) is 11.6 Å². The molecule has 2 heterocycles. The van der Waals surface area contributed by atoms with Gasteiger partial charge in [-0.3, -0.25) is 0 Å². The summed E-state index contributed by atoms with van der Waals surface area (Å²) in [5, 5.41) is 0. The minimum absolute atomic E-state index is 0.266. The van der Waals surface area contributed by atoms with Gasteiger partial charge in [-0.05, 0) is 25.5 Å². The fourth-order valence-corrected chi connectivity index (χ4v) is 2.74. The normalized spacial score (nSPS) is 13.0. The lowest BCUT2D eigenvalue weighted by Gasteiger charge is -2.20. The average molecular weight is 296 g/mol. The minimum Gasteiger partial charge on any atom is -0.383 e. The van der Waals surface area contributed by atoms with Crippen LogP contribution in [0.15, 0.2) is 12.1 Å². The van der Waals surface area contributed by atoms with Crippen LogP contribution in [0.3, 0.4) is 0 Å². The molecule has 0 aliphatic rings. The third-order valence-corrected chi connectivity index (χ3v) is 3.60. The smallest absolute Gasteiger partial charge is 0.160 e. The number of aromatic nitrogens is 3. The SMILES string of the molecule is CCCC(COC)n1c(CCCl)nc2ccc(C)nc21. The summed E-state index contributed by atoms with van der Waals surface area (Å²) in [7, 11) is 1.74. The number of hydrogen-bond acceptors (Lipinski definition) is 3. The molecule has 2 aromatic heterocycles. The Labute approximate surface area is 125 Å². The number of hydrogen-bond donors (Lipinski definition) is 0. The largest absolute Gasteiger partial charge is 0.383 e. The van der Waals surface area contributed by atoms with Crippen LogP contribution in [-0.4, -0.2) is 34.1 Å². The number of ether oxygens (including phenoxy) is 1. The molecular formula is C15H22ClN3O. The summed E-state index contributed by atoms with van der Waals surface area (Å²) in [4.78, 5) is 9.36. The Kier molecular flexibility index (Phi) is 5.38. The molecule has 110 valence electrons.